The Kier molecular flexibility index (Phi) is 5.05. The minimum atomic E-state index is -0.110. The molecule has 0 aromatic carbocycles. The zero-order chi connectivity index (χ0) is 13.1. The van der Waals surface area contributed by atoms with Gasteiger partial charge in [0, 0.05) is 25.7 Å². The van der Waals surface area contributed by atoms with Gasteiger partial charge in [-0.1, -0.05) is 32.6 Å². The normalized spacial score (nSPS) is 32.5. The van der Waals surface area contributed by atoms with Crippen molar-refractivity contribution in [3.8, 4) is 0 Å². The number of aliphatic hydroxyl groups is 1. The second-order valence-electron chi connectivity index (χ2n) is 6.77. The molecule has 106 valence electrons. The van der Waals surface area contributed by atoms with Crippen LogP contribution in [0.5, 0.6) is 0 Å². The van der Waals surface area contributed by atoms with Gasteiger partial charge in [-0.05, 0) is 32.4 Å². The van der Waals surface area contributed by atoms with Crippen molar-refractivity contribution in [3.63, 3.8) is 0 Å². The van der Waals surface area contributed by atoms with Crippen LogP contribution in [-0.2, 0) is 0 Å². The highest BCUT2D eigenvalue weighted by molar-refractivity contribution is 4.87. The summed E-state index contributed by atoms with van der Waals surface area (Å²) < 4.78 is 0. The van der Waals surface area contributed by atoms with E-state index in [1.165, 1.54) is 25.7 Å². The van der Waals surface area contributed by atoms with Gasteiger partial charge < -0.3 is 10.0 Å². The zero-order valence-corrected chi connectivity index (χ0v) is 12.3. The van der Waals surface area contributed by atoms with E-state index in [1.54, 1.807) is 0 Å². The lowest BCUT2D eigenvalue weighted by molar-refractivity contribution is 0.0981. The molecule has 1 aliphatic heterocycles. The van der Waals surface area contributed by atoms with Gasteiger partial charge in [-0.25, -0.2) is 0 Å². The molecule has 2 rings (SSSR count). The predicted molar refractivity (Wildman–Crippen MR) is 75.7 cm³/mol. The molecule has 0 bridgehead atoms. The standard InChI is InChI=1S/C15H30N2O/c1-12-9-17(11-15(12)16(2)3)10-14(18)8-13-6-4-5-7-13/h12-15,18H,4-11H2,1-3H3. The maximum absolute atomic E-state index is 10.2. The third kappa shape index (κ3) is 3.69. The summed E-state index contributed by atoms with van der Waals surface area (Å²) >= 11 is 0. The molecule has 0 aromatic heterocycles. The molecule has 0 amide bonds. The molecule has 3 atom stereocenters. The molecule has 3 unspecified atom stereocenters. The lowest BCUT2D eigenvalue weighted by Crippen LogP contribution is -2.36. The first-order valence-corrected chi connectivity index (χ1v) is 7.63. The summed E-state index contributed by atoms with van der Waals surface area (Å²) in [5.74, 6) is 1.52. The van der Waals surface area contributed by atoms with Crippen LogP contribution in [0, 0.1) is 11.8 Å². The number of hydrogen-bond donors (Lipinski definition) is 1. The average Bonchev–Trinajstić information content (AvgIpc) is 2.88. The second kappa shape index (κ2) is 6.36. The molecule has 3 heteroatoms. The number of hydrogen-bond acceptors (Lipinski definition) is 3. The lowest BCUT2D eigenvalue weighted by atomic mass is 10.00. The molecule has 1 N–H and O–H groups in total. The fourth-order valence-corrected chi connectivity index (χ4v) is 3.87. The Hall–Kier alpha value is -0.120. The molecular formula is C15H30N2O. The summed E-state index contributed by atoms with van der Waals surface area (Å²) in [6.07, 6.45) is 6.35. The highest BCUT2D eigenvalue weighted by atomic mass is 16.3. The summed E-state index contributed by atoms with van der Waals surface area (Å²) in [5, 5.41) is 10.2. The van der Waals surface area contributed by atoms with Gasteiger partial charge in [-0.15, -0.1) is 0 Å². The van der Waals surface area contributed by atoms with Crippen LogP contribution in [0.4, 0.5) is 0 Å². The van der Waals surface area contributed by atoms with Crippen molar-refractivity contribution in [2.24, 2.45) is 11.8 Å². The Morgan fingerprint density at radius 3 is 2.44 bits per heavy atom. The van der Waals surface area contributed by atoms with E-state index in [-0.39, 0.29) is 6.10 Å². The van der Waals surface area contributed by atoms with Gasteiger partial charge in [0.25, 0.3) is 0 Å². The second-order valence-corrected chi connectivity index (χ2v) is 6.77. The van der Waals surface area contributed by atoms with E-state index in [9.17, 15) is 5.11 Å². The Balaban J connectivity index is 1.72. The Morgan fingerprint density at radius 2 is 1.89 bits per heavy atom. The summed E-state index contributed by atoms with van der Waals surface area (Å²) in [5.41, 5.74) is 0. The van der Waals surface area contributed by atoms with Crippen LogP contribution in [0.1, 0.15) is 39.0 Å². The summed E-state index contributed by atoms with van der Waals surface area (Å²) in [6, 6.07) is 0.656. The molecule has 2 fully saturated rings. The summed E-state index contributed by atoms with van der Waals surface area (Å²) in [4.78, 5) is 4.78. The number of β-amino-alcohol motifs (C(OH)–C–C–N with tert-alkyl or cyclic N) is 1. The van der Waals surface area contributed by atoms with Gasteiger partial charge in [0.2, 0.25) is 0 Å². The Labute approximate surface area is 112 Å². The average molecular weight is 254 g/mol. The third-order valence-corrected chi connectivity index (χ3v) is 4.86. The zero-order valence-electron chi connectivity index (χ0n) is 12.3. The number of rotatable bonds is 5. The largest absolute Gasteiger partial charge is 0.392 e. The molecule has 3 nitrogen and oxygen atoms in total. The van der Waals surface area contributed by atoms with E-state index in [0.717, 1.165) is 37.9 Å². The van der Waals surface area contributed by atoms with E-state index in [4.69, 9.17) is 0 Å². The van der Waals surface area contributed by atoms with E-state index >= 15 is 0 Å². The first-order valence-electron chi connectivity index (χ1n) is 7.63. The Bertz CT molecular complexity index is 251. The molecule has 1 saturated carbocycles. The fraction of sp³-hybridized carbons (Fsp3) is 1.00. The molecule has 2 aliphatic rings. The molecule has 0 aromatic rings. The van der Waals surface area contributed by atoms with E-state index in [0.29, 0.717) is 6.04 Å². The smallest absolute Gasteiger partial charge is 0.0669 e. The lowest BCUT2D eigenvalue weighted by Gasteiger charge is -2.24. The van der Waals surface area contributed by atoms with Crippen LogP contribution in [0.25, 0.3) is 0 Å². The molecule has 1 heterocycles. The van der Waals surface area contributed by atoms with Gasteiger partial charge in [0.1, 0.15) is 0 Å². The first-order chi connectivity index (χ1) is 8.56. The van der Waals surface area contributed by atoms with Crippen LogP contribution in [-0.4, -0.2) is 60.8 Å². The molecule has 0 spiro atoms. The number of nitrogens with zero attached hydrogens (tertiary/aromatic N) is 2. The topological polar surface area (TPSA) is 26.7 Å². The maximum Gasteiger partial charge on any atom is 0.0669 e. The SMILES string of the molecule is CC1CN(CC(O)CC2CCCC2)CC1N(C)C. The van der Waals surface area contributed by atoms with Crippen LogP contribution < -0.4 is 0 Å². The van der Waals surface area contributed by atoms with Crippen molar-refractivity contribution in [2.75, 3.05) is 33.7 Å². The van der Waals surface area contributed by atoms with E-state index in [2.05, 4.69) is 30.8 Å². The van der Waals surface area contributed by atoms with Gasteiger partial charge in [-0.2, -0.15) is 0 Å². The summed E-state index contributed by atoms with van der Waals surface area (Å²) in [6.45, 7) is 5.47. The van der Waals surface area contributed by atoms with Crippen LogP contribution in [0.15, 0.2) is 0 Å². The third-order valence-electron chi connectivity index (χ3n) is 4.86. The minimum absolute atomic E-state index is 0.110. The van der Waals surface area contributed by atoms with E-state index in [1.807, 2.05) is 0 Å². The quantitative estimate of drug-likeness (QED) is 0.810. The van der Waals surface area contributed by atoms with Crippen molar-refractivity contribution in [3.05, 3.63) is 0 Å². The molecule has 1 aliphatic carbocycles. The molecular weight excluding hydrogens is 224 g/mol. The molecule has 18 heavy (non-hydrogen) atoms. The fourth-order valence-electron chi connectivity index (χ4n) is 3.87. The molecule has 1 saturated heterocycles. The van der Waals surface area contributed by atoms with Crippen LogP contribution >= 0.6 is 0 Å². The number of aliphatic hydroxyl groups excluding tert-OH is 1. The van der Waals surface area contributed by atoms with Gasteiger partial charge in [-0.3, -0.25) is 4.90 Å². The van der Waals surface area contributed by atoms with Crippen molar-refractivity contribution < 1.29 is 5.11 Å². The van der Waals surface area contributed by atoms with Crippen molar-refractivity contribution in [1.29, 1.82) is 0 Å². The van der Waals surface area contributed by atoms with Gasteiger partial charge in [0.05, 0.1) is 6.10 Å². The van der Waals surface area contributed by atoms with Crippen molar-refractivity contribution in [1.82, 2.24) is 9.80 Å². The van der Waals surface area contributed by atoms with Gasteiger partial charge in [0.15, 0.2) is 0 Å². The number of likely N-dealkylation sites (N-methyl/N-ethyl adjacent to an activating group) is 1. The van der Waals surface area contributed by atoms with Crippen molar-refractivity contribution in [2.45, 2.75) is 51.2 Å². The molecule has 0 radical (unpaired) electrons. The van der Waals surface area contributed by atoms with Crippen LogP contribution in [0.3, 0.4) is 0 Å². The monoisotopic (exact) mass is 254 g/mol. The van der Waals surface area contributed by atoms with Gasteiger partial charge >= 0.3 is 0 Å². The first kappa shape index (κ1) is 14.3. The highest BCUT2D eigenvalue weighted by Crippen LogP contribution is 2.29. The Morgan fingerprint density at radius 1 is 1.22 bits per heavy atom. The highest BCUT2D eigenvalue weighted by Gasteiger charge is 2.32. The number of likely N-dealkylation sites (tertiary alicyclic amines) is 1. The van der Waals surface area contributed by atoms with Crippen LogP contribution in [0.2, 0.25) is 0 Å². The maximum atomic E-state index is 10.2. The van der Waals surface area contributed by atoms with Crippen molar-refractivity contribution >= 4 is 0 Å². The minimum Gasteiger partial charge on any atom is -0.392 e. The summed E-state index contributed by atoms with van der Waals surface area (Å²) in [7, 11) is 4.33. The van der Waals surface area contributed by atoms with E-state index < -0.39 is 0 Å². The predicted octanol–water partition coefficient (Wildman–Crippen LogP) is 1.81.